The Hall–Kier alpha value is -2.76. The van der Waals surface area contributed by atoms with Gasteiger partial charge in [0.25, 0.3) is 5.91 Å². The molecule has 3 rings (SSSR count). The molecule has 1 amide bonds. The number of nitrogens with one attached hydrogen (secondary N) is 2. The van der Waals surface area contributed by atoms with Crippen molar-refractivity contribution in [2.24, 2.45) is 5.92 Å². The molecular formula is C18H21N3O3. The van der Waals surface area contributed by atoms with Gasteiger partial charge in [0.1, 0.15) is 13.2 Å². The summed E-state index contributed by atoms with van der Waals surface area (Å²) in [7, 11) is 0. The summed E-state index contributed by atoms with van der Waals surface area (Å²) in [6.45, 7) is 6.13. The first-order chi connectivity index (χ1) is 11.6. The van der Waals surface area contributed by atoms with Gasteiger partial charge >= 0.3 is 0 Å². The van der Waals surface area contributed by atoms with E-state index in [0.717, 1.165) is 12.2 Å². The molecule has 0 spiro atoms. The van der Waals surface area contributed by atoms with E-state index in [0.29, 0.717) is 41.9 Å². The number of carbonyl (C=O) groups excluding carboxylic acids is 1. The summed E-state index contributed by atoms with van der Waals surface area (Å²) >= 11 is 0. The first-order valence-electron chi connectivity index (χ1n) is 8.02. The minimum Gasteiger partial charge on any atom is -0.486 e. The molecule has 2 heterocycles. The molecule has 2 N–H and O–H groups in total. The molecule has 1 aliphatic rings. The fraction of sp³-hybridized carbons (Fsp3) is 0.333. The van der Waals surface area contributed by atoms with E-state index in [1.54, 1.807) is 36.7 Å². The second-order valence-electron chi connectivity index (χ2n) is 6.05. The predicted octanol–water partition coefficient (Wildman–Crippen LogP) is 3.17. The van der Waals surface area contributed by atoms with Crippen molar-refractivity contribution in [2.45, 2.75) is 13.8 Å². The van der Waals surface area contributed by atoms with Crippen LogP contribution in [0.2, 0.25) is 0 Å². The maximum atomic E-state index is 12.4. The van der Waals surface area contributed by atoms with E-state index in [4.69, 9.17) is 9.47 Å². The van der Waals surface area contributed by atoms with E-state index in [1.807, 2.05) is 0 Å². The van der Waals surface area contributed by atoms with E-state index in [9.17, 15) is 4.79 Å². The largest absolute Gasteiger partial charge is 0.486 e. The number of ether oxygens (including phenoxy) is 2. The number of amides is 1. The lowest BCUT2D eigenvalue weighted by molar-refractivity contribution is 0.102. The van der Waals surface area contributed by atoms with Gasteiger partial charge in [-0.3, -0.25) is 9.78 Å². The van der Waals surface area contributed by atoms with Crippen molar-refractivity contribution in [1.82, 2.24) is 4.98 Å². The summed E-state index contributed by atoms with van der Waals surface area (Å²) in [5.41, 5.74) is 1.99. The van der Waals surface area contributed by atoms with Gasteiger partial charge in [0.15, 0.2) is 11.5 Å². The Bertz CT molecular complexity index is 731. The molecule has 1 aliphatic heterocycles. The fourth-order valence-corrected chi connectivity index (χ4v) is 2.31. The molecule has 6 nitrogen and oxygen atoms in total. The lowest BCUT2D eigenvalue weighted by Crippen LogP contribution is -2.16. The second kappa shape index (κ2) is 7.21. The van der Waals surface area contributed by atoms with Gasteiger partial charge in [0, 0.05) is 30.7 Å². The average molecular weight is 327 g/mol. The molecule has 0 fully saturated rings. The molecule has 1 aromatic carbocycles. The predicted molar refractivity (Wildman–Crippen MR) is 92.9 cm³/mol. The van der Waals surface area contributed by atoms with Crippen molar-refractivity contribution in [1.29, 1.82) is 0 Å². The van der Waals surface area contributed by atoms with E-state index in [-0.39, 0.29) is 5.91 Å². The van der Waals surface area contributed by atoms with Crippen LogP contribution < -0.4 is 20.1 Å². The molecule has 0 saturated heterocycles. The summed E-state index contributed by atoms with van der Waals surface area (Å²) in [5, 5.41) is 6.12. The van der Waals surface area contributed by atoms with Crippen molar-refractivity contribution >= 4 is 17.3 Å². The summed E-state index contributed by atoms with van der Waals surface area (Å²) in [6.07, 6.45) is 3.26. The van der Waals surface area contributed by atoms with Gasteiger partial charge in [-0.1, -0.05) is 13.8 Å². The van der Waals surface area contributed by atoms with E-state index in [1.165, 1.54) is 0 Å². The van der Waals surface area contributed by atoms with Gasteiger partial charge in [0.2, 0.25) is 0 Å². The molecule has 1 aromatic heterocycles. The second-order valence-corrected chi connectivity index (χ2v) is 6.05. The Morgan fingerprint density at radius 1 is 1.12 bits per heavy atom. The highest BCUT2D eigenvalue weighted by Gasteiger charge is 2.14. The van der Waals surface area contributed by atoms with Crippen molar-refractivity contribution in [3.8, 4) is 11.5 Å². The highest BCUT2D eigenvalue weighted by atomic mass is 16.6. The molecule has 0 radical (unpaired) electrons. The number of hydrogen-bond donors (Lipinski definition) is 2. The Morgan fingerprint density at radius 2 is 1.92 bits per heavy atom. The van der Waals surface area contributed by atoms with Crippen LogP contribution >= 0.6 is 0 Å². The average Bonchev–Trinajstić information content (AvgIpc) is 2.60. The molecule has 0 aliphatic carbocycles. The summed E-state index contributed by atoms with van der Waals surface area (Å²) in [5.74, 6) is 1.64. The number of benzene rings is 1. The third-order valence-corrected chi connectivity index (χ3v) is 3.51. The van der Waals surface area contributed by atoms with Crippen LogP contribution in [0.3, 0.4) is 0 Å². The SMILES string of the molecule is CC(C)CNc1cncc(C(=O)Nc2ccc3c(c2)OCCO3)c1. The Balaban J connectivity index is 1.69. The summed E-state index contributed by atoms with van der Waals surface area (Å²) in [4.78, 5) is 16.5. The zero-order valence-corrected chi connectivity index (χ0v) is 13.8. The summed E-state index contributed by atoms with van der Waals surface area (Å²) in [6, 6.07) is 7.14. The maximum Gasteiger partial charge on any atom is 0.257 e. The minimum absolute atomic E-state index is 0.215. The molecule has 0 atom stereocenters. The zero-order chi connectivity index (χ0) is 16.9. The van der Waals surface area contributed by atoms with Crippen LogP contribution in [0, 0.1) is 5.92 Å². The van der Waals surface area contributed by atoms with Crippen LogP contribution in [-0.4, -0.2) is 30.6 Å². The number of carbonyl (C=O) groups is 1. The first-order valence-corrected chi connectivity index (χ1v) is 8.02. The third-order valence-electron chi connectivity index (χ3n) is 3.51. The zero-order valence-electron chi connectivity index (χ0n) is 13.8. The van der Waals surface area contributed by atoms with Crippen LogP contribution in [0.4, 0.5) is 11.4 Å². The third kappa shape index (κ3) is 3.95. The minimum atomic E-state index is -0.215. The van der Waals surface area contributed by atoms with Gasteiger partial charge in [-0.25, -0.2) is 0 Å². The van der Waals surface area contributed by atoms with E-state index in [2.05, 4.69) is 29.5 Å². The molecular weight excluding hydrogens is 306 g/mol. The smallest absolute Gasteiger partial charge is 0.257 e. The van der Waals surface area contributed by atoms with Crippen molar-refractivity contribution in [3.05, 3.63) is 42.2 Å². The topological polar surface area (TPSA) is 72.5 Å². The highest BCUT2D eigenvalue weighted by Crippen LogP contribution is 2.32. The van der Waals surface area contributed by atoms with Gasteiger partial charge in [-0.05, 0) is 24.1 Å². The van der Waals surface area contributed by atoms with Crippen LogP contribution in [0.5, 0.6) is 11.5 Å². The van der Waals surface area contributed by atoms with Gasteiger partial charge in [0.05, 0.1) is 11.3 Å². The summed E-state index contributed by atoms with van der Waals surface area (Å²) < 4.78 is 11.0. The number of rotatable bonds is 5. The lowest BCUT2D eigenvalue weighted by Gasteiger charge is -2.19. The number of pyridine rings is 1. The molecule has 6 heteroatoms. The fourth-order valence-electron chi connectivity index (χ4n) is 2.31. The highest BCUT2D eigenvalue weighted by molar-refractivity contribution is 6.04. The van der Waals surface area contributed by atoms with Crippen molar-refractivity contribution < 1.29 is 14.3 Å². The Morgan fingerprint density at radius 3 is 2.71 bits per heavy atom. The van der Waals surface area contributed by atoms with Gasteiger partial charge in [-0.2, -0.15) is 0 Å². The standard InChI is InChI=1S/C18H21N3O3/c1-12(2)9-20-15-7-13(10-19-11-15)18(22)21-14-3-4-16-17(8-14)24-6-5-23-16/h3-4,7-8,10-12,20H,5-6,9H2,1-2H3,(H,21,22). The van der Waals surface area contributed by atoms with Crippen LogP contribution in [0.1, 0.15) is 24.2 Å². The monoisotopic (exact) mass is 327 g/mol. The molecule has 0 saturated carbocycles. The van der Waals surface area contributed by atoms with E-state index < -0.39 is 0 Å². The number of hydrogen-bond acceptors (Lipinski definition) is 5. The molecule has 0 unspecified atom stereocenters. The molecule has 126 valence electrons. The quantitative estimate of drug-likeness (QED) is 0.882. The maximum absolute atomic E-state index is 12.4. The van der Waals surface area contributed by atoms with Gasteiger partial charge < -0.3 is 20.1 Å². The lowest BCUT2D eigenvalue weighted by atomic mass is 10.2. The van der Waals surface area contributed by atoms with Gasteiger partial charge in [-0.15, -0.1) is 0 Å². The number of fused-ring (bicyclic) bond motifs is 1. The van der Waals surface area contributed by atoms with E-state index >= 15 is 0 Å². The number of anilines is 2. The van der Waals surface area contributed by atoms with Crippen molar-refractivity contribution in [3.63, 3.8) is 0 Å². The normalized spacial score (nSPS) is 12.8. The number of nitrogens with zero attached hydrogens (tertiary/aromatic N) is 1. The Labute approximate surface area is 141 Å². The molecule has 0 bridgehead atoms. The van der Waals surface area contributed by atoms with Crippen LogP contribution in [-0.2, 0) is 0 Å². The Kier molecular flexibility index (Phi) is 4.84. The molecule has 24 heavy (non-hydrogen) atoms. The van der Waals surface area contributed by atoms with Crippen molar-refractivity contribution in [2.75, 3.05) is 30.4 Å². The van der Waals surface area contributed by atoms with Crippen LogP contribution in [0.15, 0.2) is 36.7 Å². The molecule has 2 aromatic rings. The first kappa shape index (κ1) is 16.1. The van der Waals surface area contributed by atoms with Crippen LogP contribution in [0.25, 0.3) is 0 Å². The number of aromatic nitrogens is 1.